The maximum atomic E-state index is 12.8. The summed E-state index contributed by atoms with van der Waals surface area (Å²) >= 11 is 1.34. The largest absolute Gasteiger partial charge is 0.489 e. The number of amides is 1. The molecule has 3 aliphatic heterocycles. The number of fused-ring (bicyclic) bond motifs is 4. The Balaban J connectivity index is 0.000000687. The molecule has 0 aliphatic carbocycles. The van der Waals surface area contributed by atoms with Gasteiger partial charge in [0, 0.05) is 23.5 Å². The topological polar surface area (TPSA) is 105 Å². The highest BCUT2D eigenvalue weighted by molar-refractivity contribution is 7.13. The van der Waals surface area contributed by atoms with Crippen molar-refractivity contribution in [1.82, 2.24) is 14.6 Å². The van der Waals surface area contributed by atoms with Gasteiger partial charge in [0.25, 0.3) is 12.4 Å². The molecule has 0 spiro atoms. The van der Waals surface area contributed by atoms with Crippen LogP contribution in [0, 0.1) is 5.92 Å². The third kappa shape index (κ3) is 4.47. The molecule has 1 atom stereocenters. The number of carboxylic acid groups (broad SMARTS) is 1. The number of hydrogen-bond acceptors (Lipinski definition) is 7. The standard InChI is InChI=1S/C20H21N3O3S.CH2O2/c24-20(21-17-10-23-6-3-14(17)4-7-23)19-16-2-1-15(9-18(16)27-22-19)26-12-13-5-8-25-11-13;2-1-3/h1-2,5,8-9,11,14,17H,3-4,6-7,10,12H2,(H,21,24);1H,(H,2,3)/t17-;/m0./s1. The van der Waals surface area contributed by atoms with Crippen molar-refractivity contribution in [2.45, 2.75) is 25.5 Å². The van der Waals surface area contributed by atoms with Gasteiger partial charge in [-0.25, -0.2) is 0 Å². The van der Waals surface area contributed by atoms with Gasteiger partial charge in [-0.05, 0) is 67.6 Å². The molecule has 2 aromatic heterocycles. The molecule has 158 valence electrons. The number of hydrogen-bond donors (Lipinski definition) is 2. The normalized spacial score (nSPS) is 22.2. The van der Waals surface area contributed by atoms with Crippen LogP contribution in [0.5, 0.6) is 5.75 Å². The minimum atomic E-state index is -0.250. The summed E-state index contributed by atoms with van der Waals surface area (Å²) in [4.78, 5) is 23.6. The first kappa shape index (κ1) is 20.4. The lowest BCUT2D eigenvalue weighted by Gasteiger charge is -2.44. The maximum Gasteiger partial charge on any atom is 0.290 e. The summed E-state index contributed by atoms with van der Waals surface area (Å²) < 4.78 is 16.2. The molecule has 8 nitrogen and oxygen atoms in total. The molecule has 3 fully saturated rings. The molecule has 9 heteroatoms. The highest BCUT2D eigenvalue weighted by Crippen LogP contribution is 2.30. The van der Waals surface area contributed by atoms with Crippen LogP contribution >= 0.6 is 11.5 Å². The van der Waals surface area contributed by atoms with E-state index in [1.54, 1.807) is 12.5 Å². The molecule has 6 rings (SSSR count). The van der Waals surface area contributed by atoms with E-state index in [1.165, 1.54) is 24.4 Å². The summed E-state index contributed by atoms with van der Waals surface area (Å²) in [6.45, 7) is 3.49. The average molecular weight is 429 g/mol. The molecular formula is C21H23N3O5S. The van der Waals surface area contributed by atoms with Crippen molar-refractivity contribution in [3.63, 3.8) is 0 Å². The number of piperidine rings is 3. The lowest BCUT2D eigenvalue weighted by molar-refractivity contribution is -0.122. The first-order valence-electron chi connectivity index (χ1n) is 9.82. The summed E-state index contributed by atoms with van der Waals surface area (Å²) in [5.74, 6) is 1.30. The molecule has 0 radical (unpaired) electrons. The fourth-order valence-corrected chi connectivity index (χ4v) is 4.88. The molecule has 0 unspecified atom stereocenters. The summed E-state index contributed by atoms with van der Waals surface area (Å²) in [6, 6.07) is 7.88. The minimum absolute atomic E-state index is 0.0629. The highest BCUT2D eigenvalue weighted by Gasteiger charge is 2.35. The van der Waals surface area contributed by atoms with Gasteiger partial charge in [-0.2, -0.15) is 4.37 Å². The first-order chi connectivity index (χ1) is 14.7. The van der Waals surface area contributed by atoms with Gasteiger partial charge in [0.05, 0.1) is 17.2 Å². The van der Waals surface area contributed by atoms with Crippen molar-refractivity contribution in [2.75, 3.05) is 19.6 Å². The Hall–Kier alpha value is -2.91. The summed E-state index contributed by atoms with van der Waals surface area (Å²) in [7, 11) is 0. The van der Waals surface area contributed by atoms with Gasteiger partial charge in [-0.15, -0.1) is 0 Å². The van der Waals surface area contributed by atoms with Crippen molar-refractivity contribution >= 4 is 34.0 Å². The van der Waals surface area contributed by atoms with Crippen molar-refractivity contribution in [1.29, 1.82) is 0 Å². The van der Waals surface area contributed by atoms with Crippen LogP contribution in [0.25, 0.3) is 10.1 Å². The maximum absolute atomic E-state index is 12.8. The van der Waals surface area contributed by atoms with E-state index < -0.39 is 0 Å². The van der Waals surface area contributed by atoms with E-state index in [9.17, 15) is 4.79 Å². The number of benzene rings is 1. The van der Waals surface area contributed by atoms with E-state index >= 15 is 0 Å². The van der Waals surface area contributed by atoms with Crippen LogP contribution in [-0.4, -0.2) is 52.4 Å². The van der Waals surface area contributed by atoms with Crippen LogP contribution in [-0.2, 0) is 11.4 Å². The third-order valence-electron chi connectivity index (χ3n) is 5.62. The summed E-state index contributed by atoms with van der Waals surface area (Å²) in [6.07, 6.45) is 5.66. The monoisotopic (exact) mass is 429 g/mol. The molecule has 1 aromatic carbocycles. The summed E-state index contributed by atoms with van der Waals surface area (Å²) in [5, 5.41) is 11.0. The number of nitrogens with one attached hydrogen (secondary N) is 1. The van der Waals surface area contributed by atoms with Gasteiger partial charge >= 0.3 is 0 Å². The lowest BCUT2D eigenvalue weighted by Crippen LogP contribution is -2.57. The van der Waals surface area contributed by atoms with Crippen molar-refractivity contribution in [2.24, 2.45) is 5.92 Å². The number of carbonyl (C=O) groups is 2. The SMILES string of the molecule is O=C(N[C@H]1CN2CCC1CC2)c1nsc2cc(OCc3ccoc3)ccc12.O=CO. The van der Waals surface area contributed by atoms with Crippen LogP contribution in [0.2, 0.25) is 0 Å². The zero-order chi connectivity index (χ0) is 20.9. The second kappa shape index (κ2) is 9.27. The molecular weight excluding hydrogens is 406 g/mol. The predicted molar refractivity (Wildman–Crippen MR) is 112 cm³/mol. The smallest absolute Gasteiger partial charge is 0.290 e. The van der Waals surface area contributed by atoms with E-state index in [0.717, 1.165) is 41.0 Å². The number of aromatic nitrogens is 1. The Morgan fingerprint density at radius 2 is 2.17 bits per heavy atom. The number of furan rings is 1. The molecule has 5 heterocycles. The number of ether oxygens (including phenoxy) is 1. The fraction of sp³-hybridized carbons (Fsp3) is 0.381. The van der Waals surface area contributed by atoms with E-state index in [4.69, 9.17) is 19.1 Å². The van der Waals surface area contributed by atoms with E-state index in [-0.39, 0.29) is 18.4 Å². The Labute approximate surface area is 177 Å². The van der Waals surface area contributed by atoms with Crippen LogP contribution in [0.15, 0.2) is 41.2 Å². The molecule has 3 aromatic rings. The summed E-state index contributed by atoms with van der Waals surface area (Å²) in [5.41, 5.74) is 1.50. The van der Waals surface area contributed by atoms with Gasteiger partial charge < -0.3 is 24.5 Å². The Bertz CT molecular complexity index is 995. The van der Waals surface area contributed by atoms with Crippen molar-refractivity contribution in [3.05, 3.63) is 48.0 Å². The molecule has 3 aliphatic rings. The van der Waals surface area contributed by atoms with Gasteiger partial charge in [0.2, 0.25) is 0 Å². The lowest BCUT2D eigenvalue weighted by atomic mass is 9.84. The van der Waals surface area contributed by atoms with Crippen molar-refractivity contribution < 1.29 is 23.8 Å². The highest BCUT2D eigenvalue weighted by atomic mass is 32.1. The van der Waals surface area contributed by atoms with Crippen LogP contribution in [0.1, 0.15) is 28.9 Å². The van der Waals surface area contributed by atoms with Crippen molar-refractivity contribution in [3.8, 4) is 5.75 Å². The Morgan fingerprint density at radius 1 is 1.37 bits per heavy atom. The molecule has 1 amide bonds. The van der Waals surface area contributed by atoms with Crippen LogP contribution in [0.4, 0.5) is 0 Å². The minimum Gasteiger partial charge on any atom is -0.489 e. The van der Waals surface area contributed by atoms with E-state index in [0.29, 0.717) is 18.2 Å². The molecule has 0 saturated carbocycles. The Kier molecular flexibility index (Phi) is 6.29. The number of rotatable bonds is 5. The van der Waals surface area contributed by atoms with E-state index in [1.807, 2.05) is 24.3 Å². The second-order valence-corrected chi connectivity index (χ2v) is 8.24. The Morgan fingerprint density at radius 3 is 2.83 bits per heavy atom. The first-order valence-corrected chi connectivity index (χ1v) is 10.6. The average Bonchev–Trinajstić information content (AvgIpc) is 3.43. The zero-order valence-corrected chi connectivity index (χ0v) is 17.1. The second-order valence-electron chi connectivity index (χ2n) is 7.43. The number of nitrogens with zero attached hydrogens (tertiary/aromatic N) is 2. The predicted octanol–water partition coefficient (Wildman–Crippen LogP) is 2.99. The molecule has 2 bridgehead atoms. The fourth-order valence-electron chi connectivity index (χ4n) is 4.08. The quantitative estimate of drug-likeness (QED) is 0.601. The van der Waals surface area contributed by atoms with Gasteiger partial charge in [0.15, 0.2) is 0 Å². The third-order valence-corrected chi connectivity index (χ3v) is 6.43. The molecule has 2 N–H and O–H groups in total. The van der Waals surface area contributed by atoms with Crippen LogP contribution in [0.3, 0.4) is 0 Å². The van der Waals surface area contributed by atoms with Gasteiger partial charge in [-0.1, -0.05) is 0 Å². The van der Waals surface area contributed by atoms with Gasteiger partial charge in [0.1, 0.15) is 18.1 Å². The molecule has 3 saturated heterocycles. The van der Waals surface area contributed by atoms with E-state index in [2.05, 4.69) is 14.6 Å². The number of carbonyl (C=O) groups excluding carboxylic acids is 1. The zero-order valence-electron chi connectivity index (χ0n) is 16.3. The van der Waals surface area contributed by atoms with Crippen LogP contribution < -0.4 is 10.1 Å². The molecule has 30 heavy (non-hydrogen) atoms. The van der Waals surface area contributed by atoms with Gasteiger partial charge in [-0.3, -0.25) is 9.59 Å².